The number of benzene rings is 1. The first-order chi connectivity index (χ1) is 13.4. The predicted molar refractivity (Wildman–Crippen MR) is 100 cm³/mol. The van der Waals surface area contributed by atoms with Crippen molar-refractivity contribution in [1.29, 1.82) is 0 Å². The summed E-state index contributed by atoms with van der Waals surface area (Å²) in [6.45, 7) is 3.81. The van der Waals surface area contributed by atoms with Gasteiger partial charge in [-0.1, -0.05) is 11.1 Å². The molecule has 0 radical (unpaired) electrons. The lowest BCUT2D eigenvalue weighted by Crippen LogP contribution is -2.49. The summed E-state index contributed by atoms with van der Waals surface area (Å²) in [5.74, 6) is -0.342. The van der Waals surface area contributed by atoms with Crippen LogP contribution in [0.2, 0.25) is 0 Å². The molecule has 7 heteroatoms. The van der Waals surface area contributed by atoms with E-state index in [9.17, 15) is 14.4 Å². The number of nitrogens with zero attached hydrogens (tertiary/aromatic N) is 1. The molecule has 4 rings (SSSR count). The Labute approximate surface area is 163 Å². The first-order valence-electron chi connectivity index (χ1n) is 9.53. The lowest BCUT2D eigenvalue weighted by atomic mass is 9.81. The Morgan fingerprint density at radius 1 is 1.04 bits per heavy atom. The topological polar surface area (TPSA) is 84.9 Å². The minimum Gasteiger partial charge on any atom is -0.497 e. The molecule has 3 fully saturated rings. The second-order valence-electron chi connectivity index (χ2n) is 7.81. The number of hydrogen-bond acceptors (Lipinski definition) is 5. The summed E-state index contributed by atoms with van der Waals surface area (Å²) in [5, 5.41) is 0.919. The first kappa shape index (κ1) is 18.5. The number of ether oxygens (including phenoxy) is 2. The number of allylic oxidation sites excluding steroid dienone is 2. The van der Waals surface area contributed by atoms with Crippen LogP contribution in [-0.4, -0.2) is 36.4 Å². The standard InChI is InChI=1S/C21H24N2O5/c1-11(2)17-14-8-9-15(17)19-18(14)20(25)23(21(19)26)22-16(24)10-28-13-6-4-12(27-3)5-7-13/h4-7,14-15,18-19H,8-10H2,1-3H3,(H,22,24)/t14-,15-,18-,19-/m1/s1. The molecular weight excluding hydrogens is 360 g/mol. The molecule has 1 aliphatic heterocycles. The average molecular weight is 384 g/mol. The van der Waals surface area contributed by atoms with E-state index in [0.29, 0.717) is 11.5 Å². The SMILES string of the molecule is COc1ccc(OCC(=O)NN2C(=O)[C@H]3[C@H](C2=O)[C@@H]2CC[C@@H]3C2=C(C)C)cc1. The Morgan fingerprint density at radius 3 is 2.07 bits per heavy atom. The predicted octanol–water partition coefficient (Wildman–Crippen LogP) is 2.08. The summed E-state index contributed by atoms with van der Waals surface area (Å²) in [6, 6.07) is 6.81. The van der Waals surface area contributed by atoms with E-state index in [-0.39, 0.29) is 42.1 Å². The maximum Gasteiger partial charge on any atom is 0.276 e. The van der Waals surface area contributed by atoms with Gasteiger partial charge in [-0.25, -0.2) is 0 Å². The Kier molecular flexibility index (Phi) is 4.61. The zero-order valence-electron chi connectivity index (χ0n) is 16.2. The van der Waals surface area contributed by atoms with E-state index in [0.717, 1.165) is 17.9 Å². The van der Waals surface area contributed by atoms with Gasteiger partial charge in [0.25, 0.3) is 17.7 Å². The lowest BCUT2D eigenvalue weighted by molar-refractivity contribution is -0.150. The van der Waals surface area contributed by atoms with Crippen molar-refractivity contribution in [2.24, 2.45) is 23.7 Å². The van der Waals surface area contributed by atoms with Crippen molar-refractivity contribution in [3.05, 3.63) is 35.4 Å². The molecule has 2 aliphatic carbocycles. The summed E-state index contributed by atoms with van der Waals surface area (Å²) >= 11 is 0. The number of amides is 3. The summed E-state index contributed by atoms with van der Waals surface area (Å²) in [4.78, 5) is 37.9. The van der Waals surface area contributed by atoms with Crippen LogP contribution < -0.4 is 14.9 Å². The van der Waals surface area contributed by atoms with Crippen molar-refractivity contribution >= 4 is 17.7 Å². The van der Waals surface area contributed by atoms with Crippen molar-refractivity contribution in [2.45, 2.75) is 26.7 Å². The Morgan fingerprint density at radius 2 is 1.57 bits per heavy atom. The van der Waals surface area contributed by atoms with Crippen LogP contribution in [0.15, 0.2) is 35.4 Å². The zero-order chi connectivity index (χ0) is 20.0. The van der Waals surface area contributed by atoms with Crippen molar-refractivity contribution in [1.82, 2.24) is 10.4 Å². The van der Waals surface area contributed by atoms with Crippen LogP contribution >= 0.6 is 0 Å². The fourth-order valence-electron chi connectivity index (χ4n) is 5.08. The Balaban J connectivity index is 1.39. The van der Waals surface area contributed by atoms with Gasteiger partial charge < -0.3 is 9.47 Å². The van der Waals surface area contributed by atoms with Gasteiger partial charge in [0.05, 0.1) is 18.9 Å². The minimum atomic E-state index is -0.535. The highest BCUT2D eigenvalue weighted by Gasteiger charge is 2.63. The van der Waals surface area contributed by atoms with Gasteiger partial charge in [0.1, 0.15) is 11.5 Å². The maximum atomic E-state index is 12.8. The second-order valence-corrected chi connectivity index (χ2v) is 7.81. The van der Waals surface area contributed by atoms with E-state index in [1.165, 1.54) is 11.1 Å². The highest BCUT2D eigenvalue weighted by Crippen LogP contribution is 2.59. The van der Waals surface area contributed by atoms with E-state index >= 15 is 0 Å². The number of hydrogen-bond donors (Lipinski definition) is 1. The zero-order valence-corrected chi connectivity index (χ0v) is 16.2. The summed E-state index contributed by atoms with van der Waals surface area (Å²) in [7, 11) is 1.56. The van der Waals surface area contributed by atoms with Crippen LogP contribution in [0.5, 0.6) is 11.5 Å². The lowest BCUT2D eigenvalue weighted by Gasteiger charge is -2.19. The third kappa shape index (κ3) is 2.85. The first-order valence-corrected chi connectivity index (χ1v) is 9.53. The summed E-state index contributed by atoms with van der Waals surface area (Å²) < 4.78 is 10.5. The summed E-state index contributed by atoms with van der Waals surface area (Å²) in [6.07, 6.45) is 1.88. The third-order valence-corrected chi connectivity index (χ3v) is 6.10. The van der Waals surface area contributed by atoms with Crippen molar-refractivity contribution in [3.63, 3.8) is 0 Å². The Hall–Kier alpha value is -2.83. The van der Waals surface area contributed by atoms with Crippen LogP contribution in [-0.2, 0) is 14.4 Å². The van der Waals surface area contributed by atoms with Gasteiger partial charge in [-0.2, -0.15) is 5.01 Å². The van der Waals surface area contributed by atoms with Gasteiger partial charge in [-0.15, -0.1) is 0 Å². The molecule has 0 aromatic heterocycles. The highest BCUT2D eigenvalue weighted by atomic mass is 16.5. The van der Waals surface area contributed by atoms with Crippen LogP contribution in [0, 0.1) is 23.7 Å². The molecule has 0 spiro atoms. The number of nitrogens with one attached hydrogen (secondary N) is 1. The molecule has 1 N–H and O–H groups in total. The van der Waals surface area contributed by atoms with Crippen LogP contribution in [0.1, 0.15) is 26.7 Å². The van der Waals surface area contributed by atoms with Gasteiger partial charge in [-0.05, 0) is 62.8 Å². The van der Waals surface area contributed by atoms with E-state index in [2.05, 4.69) is 5.43 Å². The normalized spacial score (nSPS) is 27.8. The quantitative estimate of drug-likeness (QED) is 0.621. The molecule has 3 amide bonds. The van der Waals surface area contributed by atoms with Crippen molar-refractivity contribution in [3.8, 4) is 11.5 Å². The van der Waals surface area contributed by atoms with Gasteiger partial charge in [0.15, 0.2) is 6.61 Å². The van der Waals surface area contributed by atoms with Gasteiger partial charge in [0.2, 0.25) is 0 Å². The van der Waals surface area contributed by atoms with Gasteiger partial charge in [-0.3, -0.25) is 19.8 Å². The molecule has 1 heterocycles. The second kappa shape index (κ2) is 6.96. The Bertz CT molecular complexity index is 824. The number of rotatable bonds is 5. The molecule has 1 saturated heterocycles. The molecule has 4 atom stereocenters. The van der Waals surface area contributed by atoms with E-state index in [1.807, 2.05) is 13.8 Å². The fourth-order valence-corrected chi connectivity index (χ4v) is 5.08. The van der Waals surface area contributed by atoms with E-state index in [4.69, 9.17) is 9.47 Å². The van der Waals surface area contributed by atoms with Crippen LogP contribution in [0.4, 0.5) is 0 Å². The highest BCUT2D eigenvalue weighted by molar-refractivity contribution is 6.07. The largest absolute Gasteiger partial charge is 0.497 e. The maximum absolute atomic E-state index is 12.8. The minimum absolute atomic E-state index is 0.133. The molecule has 148 valence electrons. The number of carbonyl (C=O) groups is 3. The van der Waals surface area contributed by atoms with Gasteiger partial charge in [0, 0.05) is 0 Å². The molecule has 7 nitrogen and oxygen atoms in total. The fraction of sp³-hybridized carbons (Fsp3) is 0.476. The van der Waals surface area contributed by atoms with E-state index in [1.54, 1.807) is 31.4 Å². The number of fused-ring (bicyclic) bond motifs is 5. The van der Waals surface area contributed by atoms with Gasteiger partial charge >= 0.3 is 0 Å². The van der Waals surface area contributed by atoms with Crippen LogP contribution in [0.25, 0.3) is 0 Å². The molecule has 28 heavy (non-hydrogen) atoms. The number of hydrazine groups is 1. The van der Waals surface area contributed by atoms with Crippen LogP contribution in [0.3, 0.4) is 0 Å². The molecule has 1 aromatic carbocycles. The van der Waals surface area contributed by atoms with Crippen molar-refractivity contribution in [2.75, 3.05) is 13.7 Å². The molecule has 2 bridgehead atoms. The monoisotopic (exact) mass is 384 g/mol. The van der Waals surface area contributed by atoms with Crippen molar-refractivity contribution < 1.29 is 23.9 Å². The molecule has 2 saturated carbocycles. The van der Waals surface area contributed by atoms with E-state index < -0.39 is 5.91 Å². The number of imide groups is 1. The third-order valence-electron chi connectivity index (χ3n) is 6.10. The number of carbonyl (C=O) groups excluding carboxylic acids is 3. The smallest absolute Gasteiger partial charge is 0.276 e. The molecule has 0 unspecified atom stereocenters. The molecule has 1 aromatic rings. The average Bonchev–Trinajstić information content (AvgIpc) is 3.33. The molecular formula is C21H24N2O5. The molecule has 3 aliphatic rings. The number of methoxy groups -OCH3 is 1. The summed E-state index contributed by atoms with van der Waals surface area (Å²) in [5.41, 5.74) is 4.94.